The second-order valence-electron chi connectivity index (χ2n) is 8.42. The summed E-state index contributed by atoms with van der Waals surface area (Å²) >= 11 is 4.94. The van der Waals surface area contributed by atoms with Crippen molar-refractivity contribution in [2.45, 2.75) is 10.1 Å². The third-order valence-corrected chi connectivity index (χ3v) is 7.77. The summed E-state index contributed by atoms with van der Waals surface area (Å²) in [6, 6.07) is 38.4. The van der Waals surface area contributed by atoms with Gasteiger partial charge in [-0.1, -0.05) is 78.9 Å². The van der Waals surface area contributed by atoms with Gasteiger partial charge in [-0.05, 0) is 74.7 Å². The van der Waals surface area contributed by atoms with Crippen LogP contribution < -0.4 is 10.6 Å². The molecule has 37 heavy (non-hydrogen) atoms. The first kappa shape index (κ1) is 24.8. The van der Waals surface area contributed by atoms with E-state index in [2.05, 4.69) is 26.6 Å². The molecule has 6 heteroatoms. The van der Waals surface area contributed by atoms with Crippen molar-refractivity contribution in [3.8, 4) is 0 Å². The molecule has 0 aliphatic heterocycles. The fourth-order valence-electron chi connectivity index (χ4n) is 3.98. The fraction of sp³-hybridized carbons (Fsp3) is 0.0323. The average Bonchev–Trinajstić information content (AvgIpc) is 2.93. The van der Waals surface area contributed by atoms with Gasteiger partial charge < -0.3 is 10.6 Å². The molecule has 1 atom stereocenters. The number of carbonyl (C=O) groups is 2. The van der Waals surface area contributed by atoms with Gasteiger partial charge in [0.05, 0.1) is 5.69 Å². The molecule has 0 bridgehead atoms. The maximum atomic E-state index is 13.4. The zero-order chi connectivity index (χ0) is 25.6. The SMILES string of the molecule is O=C(Nc1cccc(SC(C(=O)Nc2ccccc2Br)c2ccccc2)c1)c1ccc2ccccc2c1. The van der Waals surface area contributed by atoms with Crippen molar-refractivity contribution in [1.29, 1.82) is 0 Å². The molecule has 2 N–H and O–H groups in total. The van der Waals surface area contributed by atoms with Crippen molar-refractivity contribution >= 4 is 61.7 Å². The first-order valence-electron chi connectivity index (χ1n) is 11.7. The van der Waals surface area contributed by atoms with Gasteiger partial charge in [0.1, 0.15) is 5.25 Å². The number of rotatable bonds is 7. The molecule has 5 aromatic rings. The monoisotopic (exact) mass is 566 g/mol. The van der Waals surface area contributed by atoms with E-state index in [4.69, 9.17) is 0 Å². The molecule has 2 amide bonds. The number of hydrogen-bond donors (Lipinski definition) is 2. The van der Waals surface area contributed by atoms with E-state index < -0.39 is 5.25 Å². The minimum absolute atomic E-state index is 0.131. The highest BCUT2D eigenvalue weighted by Gasteiger charge is 2.23. The predicted octanol–water partition coefficient (Wildman–Crippen LogP) is 8.33. The third kappa shape index (κ3) is 6.10. The van der Waals surface area contributed by atoms with Crippen LogP contribution in [0, 0.1) is 0 Å². The molecule has 0 aromatic heterocycles. The number of amides is 2. The van der Waals surface area contributed by atoms with Crippen molar-refractivity contribution in [2.24, 2.45) is 0 Å². The number of para-hydroxylation sites is 1. The Morgan fingerprint density at radius 3 is 2.22 bits per heavy atom. The van der Waals surface area contributed by atoms with Gasteiger partial charge in [0.15, 0.2) is 0 Å². The van der Waals surface area contributed by atoms with Crippen molar-refractivity contribution in [1.82, 2.24) is 0 Å². The Kier molecular flexibility index (Phi) is 7.68. The van der Waals surface area contributed by atoms with Crippen molar-refractivity contribution in [3.63, 3.8) is 0 Å². The first-order valence-corrected chi connectivity index (χ1v) is 13.4. The van der Waals surface area contributed by atoms with Crippen LogP contribution in [0.5, 0.6) is 0 Å². The Morgan fingerprint density at radius 1 is 0.676 bits per heavy atom. The van der Waals surface area contributed by atoms with Gasteiger partial charge in [-0.25, -0.2) is 0 Å². The molecule has 0 radical (unpaired) electrons. The number of benzene rings is 5. The minimum Gasteiger partial charge on any atom is -0.324 e. The topological polar surface area (TPSA) is 58.2 Å². The summed E-state index contributed by atoms with van der Waals surface area (Å²) in [5, 5.41) is 7.65. The Bertz CT molecular complexity index is 1570. The fourth-order valence-corrected chi connectivity index (χ4v) is 5.45. The molecule has 0 aliphatic carbocycles. The van der Waals surface area contributed by atoms with Crippen LogP contribution in [0.25, 0.3) is 10.8 Å². The maximum absolute atomic E-state index is 13.4. The van der Waals surface area contributed by atoms with Gasteiger partial charge in [-0.2, -0.15) is 0 Å². The van der Waals surface area contributed by atoms with Crippen LogP contribution in [0.15, 0.2) is 131 Å². The number of fused-ring (bicyclic) bond motifs is 1. The van der Waals surface area contributed by atoms with E-state index in [0.29, 0.717) is 16.9 Å². The van der Waals surface area contributed by atoms with E-state index in [0.717, 1.165) is 25.7 Å². The zero-order valence-electron chi connectivity index (χ0n) is 19.7. The lowest BCUT2D eigenvalue weighted by Gasteiger charge is -2.18. The normalized spacial score (nSPS) is 11.6. The Balaban J connectivity index is 1.36. The number of anilines is 2. The van der Waals surface area contributed by atoms with Gasteiger partial charge >= 0.3 is 0 Å². The van der Waals surface area contributed by atoms with Gasteiger partial charge in [-0.3, -0.25) is 9.59 Å². The Morgan fingerprint density at radius 2 is 1.41 bits per heavy atom. The molecular weight excluding hydrogens is 544 g/mol. The van der Waals surface area contributed by atoms with Gasteiger partial charge in [0.25, 0.3) is 5.91 Å². The molecule has 4 nitrogen and oxygen atoms in total. The summed E-state index contributed by atoms with van der Waals surface area (Å²) in [5.74, 6) is -0.312. The molecular formula is C31H23BrN2O2S. The summed E-state index contributed by atoms with van der Waals surface area (Å²) in [6.45, 7) is 0. The highest BCUT2D eigenvalue weighted by Crippen LogP contribution is 2.37. The Hall–Kier alpha value is -3.87. The summed E-state index contributed by atoms with van der Waals surface area (Å²) in [5.41, 5.74) is 2.86. The quantitative estimate of drug-likeness (QED) is 0.195. The summed E-state index contributed by atoms with van der Waals surface area (Å²) in [4.78, 5) is 27.2. The lowest BCUT2D eigenvalue weighted by molar-refractivity contribution is -0.115. The highest BCUT2D eigenvalue weighted by molar-refractivity contribution is 9.10. The lowest BCUT2D eigenvalue weighted by atomic mass is 10.1. The predicted molar refractivity (Wildman–Crippen MR) is 156 cm³/mol. The molecule has 0 saturated carbocycles. The van der Waals surface area contributed by atoms with E-state index in [1.165, 1.54) is 11.8 Å². The van der Waals surface area contributed by atoms with Crippen LogP contribution in [0.4, 0.5) is 11.4 Å². The first-order chi connectivity index (χ1) is 18.1. The van der Waals surface area contributed by atoms with E-state index in [9.17, 15) is 9.59 Å². The zero-order valence-corrected chi connectivity index (χ0v) is 22.1. The van der Waals surface area contributed by atoms with Gasteiger partial charge in [0.2, 0.25) is 5.91 Å². The van der Waals surface area contributed by atoms with E-state index in [1.807, 2.05) is 121 Å². The minimum atomic E-state index is -0.486. The smallest absolute Gasteiger partial charge is 0.255 e. The van der Waals surface area contributed by atoms with Crippen molar-refractivity contribution in [3.05, 3.63) is 137 Å². The standard InChI is InChI=1S/C31H23BrN2O2S/c32-27-15-6-7-16-28(27)34-31(36)29(22-10-2-1-3-11-22)37-26-14-8-13-25(20-26)33-30(35)24-18-17-21-9-4-5-12-23(21)19-24/h1-20,29H,(H,33,35)(H,34,36). The molecule has 182 valence electrons. The van der Waals surface area contributed by atoms with Gasteiger partial charge in [0, 0.05) is 20.6 Å². The molecule has 0 heterocycles. The van der Waals surface area contributed by atoms with Crippen LogP contribution in [0.3, 0.4) is 0 Å². The summed E-state index contributed by atoms with van der Waals surface area (Å²) in [7, 11) is 0. The number of halogens is 1. The highest BCUT2D eigenvalue weighted by atomic mass is 79.9. The van der Waals surface area contributed by atoms with E-state index in [-0.39, 0.29) is 11.8 Å². The van der Waals surface area contributed by atoms with Crippen LogP contribution in [-0.2, 0) is 4.79 Å². The molecule has 5 aromatic carbocycles. The molecule has 1 unspecified atom stereocenters. The molecule has 5 rings (SSSR count). The van der Waals surface area contributed by atoms with Crippen molar-refractivity contribution < 1.29 is 9.59 Å². The van der Waals surface area contributed by atoms with Crippen LogP contribution in [0.2, 0.25) is 0 Å². The number of hydrogen-bond acceptors (Lipinski definition) is 3. The second kappa shape index (κ2) is 11.5. The number of thioether (sulfide) groups is 1. The average molecular weight is 568 g/mol. The van der Waals surface area contributed by atoms with Crippen LogP contribution in [-0.4, -0.2) is 11.8 Å². The van der Waals surface area contributed by atoms with Crippen molar-refractivity contribution in [2.75, 3.05) is 10.6 Å². The van der Waals surface area contributed by atoms with Gasteiger partial charge in [-0.15, -0.1) is 11.8 Å². The van der Waals surface area contributed by atoms with Crippen LogP contribution in [0.1, 0.15) is 21.2 Å². The lowest BCUT2D eigenvalue weighted by Crippen LogP contribution is -2.19. The molecule has 0 aliphatic rings. The second-order valence-corrected chi connectivity index (χ2v) is 10.5. The summed E-state index contributed by atoms with van der Waals surface area (Å²) in [6.07, 6.45) is 0. The summed E-state index contributed by atoms with van der Waals surface area (Å²) < 4.78 is 0.818. The Labute approximate surface area is 228 Å². The maximum Gasteiger partial charge on any atom is 0.255 e. The number of carbonyl (C=O) groups excluding carboxylic acids is 2. The molecule has 0 spiro atoms. The third-order valence-electron chi connectivity index (χ3n) is 5.83. The molecule has 0 fully saturated rings. The molecule has 0 saturated heterocycles. The van der Waals surface area contributed by atoms with Crippen LogP contribution >= 0.6 is 27.7 Å². The number of nitrogens with one attached hydrogen (secondary N) is 2. The van der Waals surface area contributed by atoms with E-state index in [1.54, 1.807) is 0 Å². The largest absolute Gasteiger partial charge is 0.324 e. The van der Waals surface area contributed by atoms with E-state index >= 15 is 0 Å².